The maximum absolute atomic E-state index is 10.8. The lowest BCUT2D eigenvalue weighted by molar-refractivity contribution is 0.0690. The van der Waals surface area contributed by atoms with E-state index < -0.39 is 5.97 Å². The lowest BCUT2D eigenvalue weighted by Gasteiger charge is -2.18. The van der Waals surface area contributed by atoms with E-state index in [1.54, 1.807) is 6.07 Å². The molecule has 0 fully saturated rings. The highest BCUT2D eigenvalue weighted by Gasteiger charge is 2.10. The van der Waals surface area contributed by atoms with Crippen LogP contribution in [0.25, 0.3) is 0 Å². The maximum Gasteiger partial charge on any atom is 0.354 e. The standard InChI is InChI=1S/C14H22N2O2/c1-3-5-8-11(7-4-2)15-13-10-6-9-12(16-13)14(17)18/h6,9-11H,3-5,7-8H2,1-2H3,(H,15,16)(H,17,18). The summed E-state index contributed by atoms with van der Waals surface area (Å²) in [4.78, 5) is 14.9. The number of nitrogens with one attached hydrogen (secondary N) is 1. The molecule has 4 heteroatoms. The second-order valence-corrected chi connectivity index (χ2v) is 4.49. The van der Waals surface area contributed by atoms with Crippen LogP contribution in [0.2, 0.25) is 0 Å². The molecule has 1 aromatic rings. The monoisotopic (exact) mass is 250 g/mol. The predicted octanol–water partition coefficient (Wildman–Crippen LogP) is 3.55. The topological polar surface area (TPSA) is 62.2 Å². The van der Waals surface area contributed by atoms with Crippen LogP contribution in [0.3, 0.4) is 0 Å². The molecule has 1 rings (SSSR count). The molecule has 18 heavy (non-hydrogen) atoms. The van der Waals surface area contributed by atoms with Gasteiger partial charge in [-0.2, -0.15) is 0 Å². The maximum atomic E-state index is 10.8. The molecule has 1 aromatic heterocycles. The van der Waals surface area contributed by atoms with E-state index in [1.807, 2.05) is 6.07 Å². The fourth-order valence-electron chi connectivity index (χ4n) is 1.93. The Hall–Kier alpha value is -1.58. The Labute approximate surface area is 108 Å². The van der Waals surface area contributed by atoms with E-state index in [0.29, 0.717) is 11.9 Å². The van der Waals surface area contributed by atoms with E-state index in [1.165, 1.54) is 18.9 Å². The highest BCUT2D eigenvalue weighted by molar-refractivity contribution is 5.85. The van der Waals surface area contributed by atoms with Gasteiger partial charge < -0.3 is 10.4 Å². The molecule has 2 N–H and O–H groups in total. The molecule has 0 aromatic carbocycles. The second-order valence-electron chi connectivity index (χ2n) is 4.49. The van der Waals surface area contributed by atoms with Gasteiger partial charge in [0.2, 0.25) is 0 Å². The number of aromatic carboxylic acids is 1. The van der Waals surface area contributed by atoms with Crippen molar-refractivity contribution < 1.29 is 9.90 Å². The lowest BCUT2D eigenvalue weighted by atomic mass is 10.1. The molecule has 1 unspecified atom stereocenters. The average Bonchev–Trinajstić information content (AvgIpc) is 2.36. The molecule has 0 saturated heterocycles. The van der Waals surface area contributed by atoms with Gasteiger partial charge in [0.25, 0.3) is 0 Å². The minimum absolute atomic E-state index is 0.0886. The molecule has 0 spiro atoms. The van der Waals surface area contributed by atoms with Gasteiger partial charge in [0.15, 0.2) is 5.69 Å². The Morgan fingerprint density at radius 2 is 2.11 bits per heavy atom. The minimum atomic E-state index is -0.987. The number of unbranched alkanes of at least 4 members (excludes halogenated alkanes) is 1. The van der Waals surface area contributed by atoms with Crippen LogP contribution >= 0.6 is 0 Å². The number of hydrogen-bond acceptors (Lipinski definition) is 3. The SMILES string of the molecule is CCCCC(CCC)Nc1cccc(C(=O)O)n1. The number of rotatable bonds is 8. The third kappa shape index (κ3) is 4.73. The Bertz CT molecular complexity index is 380. The molecule has 1 atom stereocenters. The van der Waals surface area contributed by atoms with Crippen molar-refractivity contribution in [2.24, 2.45) is 0 Å². The fraction of sp³-hybridized carbons (Fsp3) is 0.571. The smallest absolute Gasteiger partial charge is 0.354 e. The van der Waals surface area contributed by atoms with E-state index >= 15 is 0 Å². The van der Waals surface area contributed by atoms with Gasteiger partial charge in [-0.1, -0.05) is 39.2 Å². The van der Waals surface area contributed by atoms with E-state index in [0.717, 1.165) is 19.3 Å². The zero-order chi connectivity index (χ0) is 13.4. The van der Waals surface area contributed by atoms with Crippen molar-refractivity contribution in [2.75, 3.05) is 5.32 Å². The first-order valence-electron chi connectivity index (χ1n) is 6.64. The molecule has 0 saturated carbocycles. The summed E-state index contributed by atoms with van der Waals surface area (Å²) >= 11 is 0. The Morgan fingerprint density at radius 3 is 2.72 bits per heavy atom. The van der Waals surface area contributed by atoms with E-state index in [-0.39, 0.29) is 5.69 Å². The van der Waals surface area contributed by atoms with Gasteiger partial charge in [-0.25, -0.2) is 9.78 Å². The van der Waals surface area contributed by atoms with Crippen molar-refractivity contribution in [2.45, 2.75) is 52.0 Å². The zero-order valence-electron chi connectivity index (χ0n) is 11.1. The first-order chi connectivity index (χ1) is 8.67. The number of carboxylic acid groups (broad SMARTS) is 1. The summed E-state index contributed by atoms with van der Waals surface area (Å²) in [5.41, 5.74) is 0.0886. The highest BCUT2D eigenvalue weighted by atomic mass is 16.4. The summed E-state index contributed by atoms with van der Waals surface area (Å²) in [6.07, 6.45) is 5.64. The summed E-state index contributed by atoms with van der Waals surface area (Å²) in [5, 5.41) is 12.2. The van der Waals surface area contributed by atoms with Crippen LogP contribution in [-0.4, -0.2) is 22.1 Å². The summed E-state index contributed by atoms with van der Waals surface area (Å²) in [5.74, 6) is -0.330. The van der Waals surface area contributed by atoms with Crippen molar-refractivity contribution in [3.8, 4) is 0 Å². The number of pyridine rings is 1. The molecule has 100 valence electrons. The molecule has 0 radical (unpaired) electrons. The van der Waals surface area contributed by atoms with Crippen LogP contribution in [0.4, 0.5) is 5.82 Å². The Kier molecular flexibility index (Phi) is 6.19. The van der Waals surface area contributed by atoms with E-state index in [4.69, 9.17) is 5.11 Å². The van der Waals surface area contributed by atoms with Gasteiger partial charge in [0.1, 0.15) is 5.82 Å². The van der Waals surface area contributed by atoms with Gasteiger partial charge in [0, 0.05) is 6.04 Å². The predicted molar refractivity (Wildman–Crippen MR) is 73.0 cm³/mol. The van der Waals surface area contributed by atoms with Crippen molar-refractivity contribution >= 4 is 11.8 Å². The van der Waals surface area contributed by atoms with Gasteiger partial charge in [-0.3, -0.25) is 0 Å². The van der Waals surface area contributed by atoms with Crippen LogP contribution < -0.4 is 5.32 Å². The molecule has 0 aliphatic carbocycles. The largest absolute Gasteiger partial charge is 0.477 e. The normalized spacial score (nSPS) is 12.1. The van der Waals surface area contributed by atoms with Gasteiger partial charge >= 0.3 is 5.97 Å². The molecule has 0 aliphatic rings. The van der Waals surface area contributed by atoms with Gasteiger partial charge in [-0.05, 0) is 25.0 Å². The number of hydrogen-bond donors (Lipinski definition) is 2. The van der Waals surface area contributed by atoms with E-state index in [9.17, 15) is 4.79 Å². The first kappa shape index (κ1) is 14.5. The van der Waals surface area contributed by atoms with Crippen molar-refractivity contribution in [3.63, 3.8) is 0 Å². The summed E-state index contributed by atoms with van der Waals surface area (Å²) in [6, 6.07) is 5.43. The zero-order valence-corrected chi connectivity index (χ0v) is 11.1. The fourth-order valence-corrected chi connectivity index (χ4v) is 1.93. The summed E-state index contributed by atoms with van der Waals surface area (Å²) < 4.78 is 0. The first-order valence-corrected chi connectivity index (χ1v) is 6.64. The Morgan fingerprint density at radius 1 is 1.33 bits per heavy atom. The summed E-state index contributed by atoms with van der Waals surface area (Å²) in [7, 11) is 0. The van der Waals surface area contributed by atoms with E-state index in [2.05, 4.69) is 24.1 Å². The van der Waals surface area contributed by atoms with Crippen molar-refractivity contribution in [1.29, 1.82) is 0 Å². The third-order valence-corrected chi connectivity index (χ3v) is 2.86. The number of aromatic nitrogens is 1. The molecule has 1 heterocycles. The molecule has 0 amide bonds. The number of carboxylic acids is 1. The van der Waals surface area contributed by atoms with Crippen LogP contribution in [0.15, 0.2) is 18.2 Å². The molecule has 4 nitrogen and oxygen atoms in total. The highest BCUT2D eigenvalue weighted by Crippen LogP contribution is 2.14. The molecule has 0 aliphatic heterocycles. The molecular formula is C14H22N2O2. The van der Waals surface area contributed by atoms with Crippen LogP contribution in [0.5, 0.6) is 0 Å². The van der Waals surface area contributed by atoms with Crippen LogP contribution in [0.1, 0.15) is 56.4 Å². The Balaban J connectivity index is 2.67. The molecule has 0 bridgehead atoms. The van der Waals surface area contributed by atoms with Crippen molar-refractivity contribution in [3.05, 3.63) is 23.9 Å². The van der Waals surface area contributed by atoms with Crippen molar-refractivity contribution in [1.82, 2.24) is 4.98 Å². The van der Waals surface area contributed by atoms with Crippen LogP contribution in [-0.2, 0) is 0 Å². The average molecular weight is 250 g/mol. The number of anilines is 1. The lowest BCUT2D eigenvalue weighted by Crippen LogP contribution is -2.20. The minimum Gasteiger partial charge on any atom is -0.477 e. The van der Waals surface area contributed by atoms with Gasteiger partial charge in [0.05, 0.1) is 0 Å². The second kappa shape index (κ2) is 7.69. The molecular weight excluding hydrogens is 228 g/mol. The number of nitrogens with zero attached hydrogens (tertiary/aromatic N) is 1. The number of carbonyl (C=O) groups is 1. The third-order valence-electron chi connectivity index (χ3n) is 2.86. The van der Waals surface area contributed by atoms with Gasteiger partial charge in [-0.15, -0.1) is 0 Å². The quantitative estimate of drug-likeness (QED) is 0.740. The summed E-state index contributed by atoms with van der Waals surface area (Å²) in [6.45, 7) is 4.33. The van der Waals surface area contributed by atoms with Crippen LogP contribution in [0, 0.1) is 0 Å².